The van der Waals surface area contributed by atoms with E-state index in [-0.39, 0.29) is 0 Å². The quantitative estimate of drug-likeness (QED) is 0.425. The van der Waals surface area contributed by atoms with Crippen LogP contribution in [0.3, 0.4) is 0 Å². The fraction of sp³-hybridized carbons (Fsp3) is 0.778. The predicted molar refractivity (Wildman–Crippen MR) is 52.3 cm³/mol. The third kappa shape index (κ3) is 6.29. The molecule has 0 rings (SSSR count). The van der Waals surface area contributed by atoms with Gasteiger partial charge in [0, 0.05) is 0 Å². The summed E-state index contributed by atoms with van der Waals surface area (Å²) in [6, 6.07) is 0. The maximum atomic E-state index is 2.33. The summed E-state index contributed by atoms with van der Waals surface area (Å²) in [7, 11) is 1.12. The molecule has 0 aliphatic rings. The molecule has 2 atom stereocenters. The van der Waals surface area contributed by atoms with Crippen LogP contribution in [0.1, 0.15) is 26.7 Å². The molecule has 0 aliphatic heterocycles. The van der Waals surface area contributed by atoms with E-state index in [2.05, 4.69) is 32.7 Å². The highest BCUT2D eigenvalue weighted by Gasteiger charge is 1.93. The second-order valence-corrected chi connectivity index (χ2v) is 3.91. The summed E-state index contributed by atoms with van der Waals surface area (Å²) >= 11 is 0. The molecular formula is C9H19P. The summed E-state index contributed by atoms with van der Waals surface area (Å²) in [4.78, 5) is 0. The molecule has 0 saturated carbocycles. The highest BCUT2D eigenvalue weighted by atomic mass is 31.1. The molecule has 60 valence electrons. The molecular weight excluding hydrogens is 139 g/mol. The van der Waals surface area contributed by atoms with E-state index in [1.807, 2.05) is 0 Å². The molecule has 0 nitrogen and oxygen atoms in total. The van der Waals surface area contributed by atoms with Crippen molar-refractivity contribution in [3.05, 3.63) is 12.2 Å². The first kappa shape index (κ1) is 10.2. The van der Waals surface area contributed by atoms with E-state index >= 15 is 0 Å². The van der Waals surface area contributed by atoms with E-state index < -0.39 is 0 Å². The fourth-order valence-corrected chi connectivity index (χ4v) is 1.58. The van der Waals surface area contributed by atoms with Crippen LogP contribution in [0.5, 0.6) is 0 Å². The van der Waals surface area contributed by atoms with E-state index in [9.17, 15) is 0 Å². The Kier molecular flexibility index (Phi) is 7.40. The maximum Gasteiger partial charge on any atom is -0.0259 e. The van der Waals surface area contributed by atoms with Crippen molar-refractivity contribution in [1.82, 2.24) is 0 Å². The Morgan fingerprint density at radius 1 is 1.50 bits per heavy atom. The molecule has 0 spiro atoms. The van der Waals surface area contributed by atoms with E-state index in [1.54, 1.807) is 0 Å². The summed E-state index contributed by atoms with van der Waals surface area (Å²) < 4.78 is 0. The van der Waals surface area contributed by atoms with Crippen LogP contribution in [0.25, 0.3) is 0 Å². The predicted octanol–water partition coefficient (Wildman–Crippen LogP) is 3.29. The minimum absolute atomic E-state index is 0.799. The minimum Gasteiger partial charge on any atom is -0.125 e. The van der Waals surface area contributed by atoms with Gasteiger partial charge >= 0.3 is 0 Å². The maximum absolute atomic E-state index is 2.33. The third-order valence-corrected chi connectivity index (χ3v) is 2.34. The van der Waals surface area contributed by atoms with Gasteiger partial charge in [-0.3, -0.25) is 0 Å². The van der Waals surface area contributed by atoms with Gasteiger partial charge in [-0.15, -0.1) is 8.58 Å². The van der Waals surface area contributed by atoms with Crippen LogP contribution in [0.4, 0.5) is 0 Å². The molecule has 1 heteroatoms. The lowest BCUT2D eigenvalue weighted by Crippen LogP contribution is -1.89. The van der Waals surface area contributed by atoms with Gasteiger partial charge in [0.2, 0.25) is 0 Å². The highest BCUT2D eigenvalue weighted by Crippen LogP contribution is 2.11. The molecule has 0 heterocycles. The second kappa shape index (κ2) is 7.28. The normalized spacial score (nSPS) is 15.5. The van der Waals surface area contributed by atoms with Gasteiger partial charge < -0.3 is 0 Å². The van der Waals surface area contributed by atoms with Crippen LogP contribution in [0, 0.1) is 5.92 Å². The van der Waals surface area contributed by atoms with Crippen LogP contribution in [0.15, 0.2) is 12.2 Å². The lowest BCUT2D eigenvalue weighted by molar-refractivity contribution is 0.702. The summed E-state index contributed by atoms with van der Waals surface area (Å²) in [5.74, 6) is 0.799. The fourth-order valence-electron chi connectivity index (χ4n) is 0.837. The first-order valence-corrected chi connectivity index (χ1v) is 5.83. The van der Waals surface area contributed by atoms with Crippen LogP contribution >= 0.6 is 8.58 Å². The van der Waals surface area contributed by atoms with Gasteiger partial charge in [-0.05, 0) is 31.6 Å². The average Bonchev–Trinajstić information content (AvgIpc) is 1.97. The van der Waals surface area contributed by atoms with Gasteiger partial charge in [-0.1, -0.05) is 26.0 Å². The zero-order valence-corrected chi connectivity index (χ0v) is 8.35. The first-order chi connectivity index (χ1) is 4.81. The zero-order chi connectivity index (χ0) is 7.82. The number of rotatable bonds is 5. The Labute approximate surface area is 66.9 Å². The molecule has 0 aliphatic carbocycles. The van der Waals surface area contributed by atoms with Gasteiger partial charge in [-0.2, -0.15) is 0 Å². The topological polar surface area (TPSA) is 0 Å². The molecule has 0 amide bonds. The Hall–Kier alpha value is 0.170. The monoisotopic (exact) mass is 158 g/mol. The van der Waals surface area contributed by atoms with Gasteiger partial charge in [0.25, 0.3) is 0 Å². The summed E-state index contributed by atoms with van der Waals surface area (Å²) in [5, 5.41) is 0. The van der Waals surface area contributed by atoms with E-state index in [0.717, 1.165) is 14.5 Å². The van der Waals surface area contributed by atoms with E-state index in [0.29, 0.717) is 0 Å². The number of hydrogen-bond acceptors (Lipinski definition) is 0. The molecule has 0 aromatic rings. The van der Waals surface area contributed by atoms with E-state index in [1.165, 1.54) is 19.0 Å². The van der Waals surface area contributed by atoms with Crippen LogP contribution < -0.4 is 0 Å². The number of allylic oxidation sites excluding steroid dienone is 2. The molecule has 0 aromatic heterocycles. The Balaban J connectivity index is 3.24. The lowest BCUT2D eigenvalue weighted by atomic mass is 10.1. The summed E-state index contributed by atoms with van der Waals surface area (Å²) in [6.45, 7) is 6.76. The Bertz CT molecular complexity index is 86.7. The van der Waals surface area contributed by atoms with Crippen molar-refractivity contribution in [2.24, 2.45) is 5.92 Å². The first-order valence-electron chi connectivity index (χ1n) is 4.12. The second-order valence-electron chi connectivity index (χ2n) is 2.71. The molecule has 2 unspecified atom stereocenters. The molecule has 0 aromatic carbocycles. The molecule has 10 heavy (non-hydrogen) atoms. The van der Waals surface area contributed by atoms with Gasteiger partial charge in [0.15, 0.2) is 0 Å². The Morgan fingerprint density at radius 3 is 2.70 bits per heavy atom. The van der Waals surface area contributed by atoms with Crippen molar-refractivity contribution >= 4 is 8.58 Å². The lowest BCUT2D eigenvalue weighted by Gasteiger charge is -2.02. The van der Waals surface area contributed by atoms with Crippen LogP contribution in [-0.2, 0) is 0 Å². The van der Waals surface area contributed by atoms with Crippen LogP contribution in [-0.4, -0.2) is 12.8 Å². The third-order valence-electron chi connectivity index (χ3n) is 1.55. The highest BCUT2D eigenvalue weighted by molar-refractivity contribution is 7.36. The standard InChI is InChI=1S/C9H19P/c1-4-5-6-9(2)7-8-10-3/h5-6,9-10H,4,7-8H2,1-3H3. The van der Waals surface area contributed by atoms with Crippen molar-refractivity contribution in [1.29, 1.82) is 0 Å². The zero-order valence-electron chi connectivity index (χ0n) is 7.35. The van der Waals surface area contributed by atoms with E-state index in [4.69, 9.17) is 0 Å². The van der Waals surface area contributed by atoms with Gasteiger partial charge in [0.05, 0.1) is 0 Å². The van der Waals surface area contributed by atoms with Gasteiger partial charge in [-0.25, -0.2) is 0 Å². The summed E-state index contributed by atoms with van der Waals surface area (Å²) in [6.07, 6.45) is 8.54. The molecule has 0 N–H and O–H groups in total. The summed E-state index contributed by atoms with van der Waals surface area (Å²) in [5.41, 5.74) is 0. The molecule has 0 fully saturated rings. The van der Waals surface area contributed by atoms with Crippen molar-refractivity contribution < 1.29 is 0 Å². The van der Waals surface area contributed by atoms with Crippen molar-refractivity contribution in [2.45, 2.75) is 26.7 Å². The van der Waals surface area contributed by atoms with Crippen molar-refractivity contribution in [3.8, 4) is 0 Å². The molecule has 0 saturated heterocycles. The Morgan fingerprint density at radius 2 is 2.20 bits per heavy atom. The molecule has 0 radical (unpaired) electrons. The number of hydrogen-bond donors (Lipinski definition) is 0. The average molecular weight is 158 g/mol. The molecule has 0 bridgehead atoms. The smallest absolute Gasteiger partial charge is 0.0259 e. The van der Waals surface area contributed by atoms with Crippen molar-refractivity contribution in [3.63, 3.8) is 0 Å². The van der Waals surface area contributed by atoms with Crippen LogP contribution in [0.2, 0.25) is 0 Å². The van der Waals surface area contributed by atoms with Crippen molar-refractivity contribution in [2.75, 3.05) is 12.8 Å². The minimum atomic E-state index is 0.799. The largest absolute Gasteiger partial charge is 0.125 e. The van der Waals surface area contributed by atoms with Gasteiger partial charge in [0.1, 0.15) is 0 Å². The SMILES string of the molecule is CCC=CC(C)CCPC.